The molecule has 3 aromatic rings. The van der Waals surface area contributed by atoms with E-state index in [1.54, 1.807) is 24.3 Å². The molecule has 0 spiro atoms. The van der Waals surface area contributed by atoms with Crippen molar-refractivity contribution in [3.8, 4) is 0 Å². The average Bonchev–Trinajstić information content (AvgIpc) is 2.69. The van der Waals surface area contributed by atoms with E-state index in [0.717, 1.165) is 20.6 Å². The van der Waals surface area contributed by atoms with Gasteiger partial charge in [-0.25, -0.2) is 8.42 Å². The molecule has 0 unspecified atom stereocenters. The molecule has 27 heavy (non-hydrogen) atoms. The maximum absolute atomic E-state index is 13.1. The van der Waals surface area contributed by atoms with Crippen LogP contribution in [0, 0.1) is 13.8 Å². The third-order valence-electron chi connectivity index (χ3n) is 3.90. The first-order chi connectivity index (χ1) is 13.0. The molecule has 0 fully saturated rings. The van der Waals surface area contributed by atoms with Crippen LogP contribution in [0.3, 0.4) is 0 Å². The lowest BCUT2D eigenvalue weighted by Gasteiger charge is -2.19. The molecule has 0 bridgehead atoms. The summed E-state index contributed by atoms with van der Waals surface area (Å²) in [6.45, 7) is 4.09. The van der Waals surface area contributed by atoms with Gasteiger partial charge in [-0.3, -0.25) is 4.84 Å². The fourth-order valence-corrected chi connectivity index (χ4v) is 4.73. The molecule has 6 heteroatoms. The molecule has 3 aromatic carbocycles. The molecule has 0 aromatic heterocycles. The lowest BCUT2D eigenvalue weighted by atomic mass is 10.2. The molecule has 0 amide bonds. The normalized spacial score (nSPS) is 13.4. The molecule has 3 rings (SSSR count). The second kappa shape index (κ2) is 9.19. The highest BCUT2D eigenvalue weighted by Crippen LogP contribution is 2.20. The van der Waals surface area contributed by atoms with Crippen molar-refractivity contribution in [2.45, 2.75) is 30.2 Å². The molecule has 0 saturated carbocycles. The molecule has 2 atom stereocenters. The van der Waals surface area contributed by atoms with Crippen LogP contribution in [-0.2, 0) is 33.4 Å². The second-order valence-corrected chi connectivity index (χ2v) is 8.94. The first-order valence-corrected chi connectivity index (χ1v) is 10.7. The molecule has 140 valence electrons. The number of aryl methyl sites for hydroxylation is 2. The predicted molar refractivity (Wildman–Crippen MR) is 108 cm³/mol. The van der Waals surface area contributed by atoms with Gasteiger partial charge in [0, 0.05) is 0 Å². The van der Waals surface area contributed by atoms with Crippen molar-refractivity contribution in [1.29, 1.82) is 0 Å². The van der Waals surface area contributed by atoms with Gasteiger partial charge in [-0.2, -0.15) is 0 Å². The highest BCUT2D eigenvalue weighted by atomic mass is 32.3. The minimum Gasteiger partial charge on any atom is -0.268 e. The van der Waals surface area contributed by atoms with Crippen molar-refractivity contribution >= 4 is 22.0 Å². The molecule has 0 radical (unpaired) electrons. The minimum absolute atomic E-state index is 0.177. The fraction of sp³-hybridized carbons (Fsp3) is 0.143. The highest BCUT2D eigenvalue weighted by molar-refractivity contribution is 7.97. The van der Waals surface area contributed by atoms with Crippen molar-refractivity contribution in [3.63, 3.8) is 0 Å². The van der Waals surface area contributed by atoms with Crippen molar-refractivity contribution in [2.75, 3.05) is 0 Å². The van der Waals surface area contributed by atoms with Crippen LogP contribution >= 0.6 is 0 Å². The van der Waals surface area contributed by atoms with Gasteiger partial charge in [0.25, 0.3) is 0 Å². The van der Waals surface area contributed by atoms with Gasteiger partial charge in [0.05, 0.1) is 16.4 Å². The Morgan fingerprint density at radius 3 is 1.59 bits per heavy atom. The van der Waals surface area contributed by atoms with Gasteiger partial charge in [0.15, 0.2) is 22.0 Å². The van der Waals surface area contributed by atoms with Crippen LogP contribution in [0.1, 0.15) is 16.7 Å². The Labute approximate surface area is 164 Å². The molecule has 0 aliphatic heterocycles. The van der Waals surface area contributed by atoms with Gasteiger partial charge in [0.1, 0.15) is 0 Å². The highest BCUT2D eigenvalue weighted by Gasteiger charge is 2.25. The van der Waals surface area contributed by atoms with Crippen LogP contribution in [0.5, 0.6) is 0 Å². The first-order valence-electron chi connectivity index (χ1n) is 8.48. The molecule has 0 aliphatic carbocycles. The Bertz CT molecular complexity index is 868. The van der Waals surface area contributed by atoms with E-state index < -0.39 is 22.0 Å². The van der Waals surface area contributed by atoms with Crippen LogP contribution < -0.4 is 0 Å². The molecular weight excluding hydrogens is 378 g/mol. The Morgan fingerprint density at radius 2 is 1.15 bits per heavy atom. The number of hydrogen-bond donors (Lipinski definition) is 0. The third kappa shape index (κ3) is 5.20. The van der Waals surface area contributed by atoms with E-state index in [2.05, 4.69) is 0 Å². The average molecular weight is 400 g/mol. The fourth-order valence-electron chi connectivity index (χ4n) is 2.34. The van der Waals surface area contributed by atoms with E-state index >= 15 is 0 Å². The zero-order valence-electron chi connectivity index (χ0n) is 15.2. The summed E-state index contributed by atoms with van der Waals surface area (Å²) < 4.78 is 27.2. The Balaban J connectivity index is 1.87. The van der Waals surface area contributed by atoms with E-state index in [-0.39, 0.29) is 6.61 Å². The summed E-state index contributed by atoms with van der Waals surface area (Å²) in [6, 6.07) is 24.1. The summed E-state index contributed by atoms with van der Waals surface area (Å²) in [5.41, 5.74) is 3.03. The summed E-state index contributed by atoms with van der Waals surface area (Å²) in [4.78, 5) is 6.83. The van der Waals surface area contributed by atoms with Crippen molar-refractivity contribution in [2.24, 2.45) is 0 Å². The van der Waals surface area contributed by atoms with E-state index in [4.69, 9.17) is 4.84 Å². The standard InChI is InChI=1S/C21H21NO3S2/c1-17-8-12-20(13-9-17)26(23)22(25-16-19-6-4-3-5-7-19)27(24)21-14-10-18(2)11-15-21/h3-15H,16H2,1-2H3/t26-,27+. The first kappa shape index (κ1) is 19.6. The second-order valence-electron chi connectivity index (χ2n) is 6.11. The lowest BCUT2D eigenvalue weighted by molar-refractivity contribution is -0.0199. The summed E-state index contributed by atoms with van der Waals surface area (Å²) in [5, 5.41) is 0. The van der Waals surface area contributed by atoms with Gasteiger partial charge in [-0.1, -0.05) is 65.7 Å². The topological polar surface area (TPSA) is 46.6 Å². The predicted octanol–water partition coefficient (Wildman–Crippen LogP) is 4.48. The molecule has 0 aliphatic rings. The monoisotopic (exact) mass is 399 g/mol. The molecular formula is C21H21NO3S2. The van der Waals surface area contributed by atoms with Crippen LogP contribution in [0.4, 0.5) is 0 Å². The number of nitrogens with zero attached hydrogens (tertiary/aromatic N) is 1. The van der Waals surface area contributed by atoms with Crippen LogP contribution in [0.15, 0.2) is 88.7 Å². The Morgan fingerprint density at radius 1 is 0.704 bits per heavy atom. The van der Waals surface area contributed by atoms with Crippen LogP contribution in [0.25, 0.3) is 0 Å². The Hall–Kier alpha value is -2.12. The third-order valence-corrected chi connectivity index (χ3v) is 6.81. The van der Waals surface area contributed by atoms with Crippen LogP contribution in [-0.4, -0.2) is 12.3 Å². The summed E-state index contributed by atoms with van der Waals surface area (Å²) in [5.74, 6) is 0. The zero-order valence-corrected chi connectivity index (χ0v) is 16.8. The number of hydrogen-bond acceptors (Lipinski definition) is 3. The number of rotatable bonds is 7. The maximum Gasteiger partial charge on any atom is 0.164 e. The minimum atomic E-state index is -1.73. The number of benzene rings is 3. The zero-order chi connectivity index (χ0) is 19.2. The lowest BCUT2D eigenvalue weighted by Crippen LogP contribution is -2.28. The van der Waals surface area contributed by atoms with E-state index in [1.165, 1.54) is 0 Å². The van der Waals surface area contributed by atoms with Gasteiger partial charge < -0.3 is 0 Å². The molecule has 0 heterocycles. The van der Waals surface area contributed by atoms with Crippen molar-refractivity contribution in [1.82, 2.24) is 3.87 Å². The summed E-state index contributed by atoms with van der Waals surface area (Å²) in [7, 11) is -3.46. The largest absolute Gasteiger partial charge is 0.268 e. The molecule has 0 N–H and O–H groups in total. The molecule has 4 nitrogen and oxygen atoms in total. The van der Waals surface area contributed by atoms with Gasteiger partial charge in [-0.15, -0.1) is 0 Å². The van der Waals surface area contributed by atoms with Crippen molar-refractivity contribution < 1.29 is 13.3 Å². The van der Waals surface area contributed by atoms with Gasteiger partial charge in [0.2, 0.25) is 0 Å². The van der Waals surface area contributed by atoms with Crippen molar-refractivity contribution in [3.05, 3.63) is 95.6 Å². The van der Waals surface area contributed by atoms with E-state index in [1.807, 2.05) is 68.4 Å². The molecule has 0 saturated heterocycles. The van der Waals surface area contributed by atoms with Gasteiger partial charge in [-0.05, 0) is 47.6 Å². The van der Waals surface area contributed by atoms with Gasteiger partial charge >= 0.3 is 0 Å². The van der Waals surface area contributed by atoms with E-state index in [0.29, 0.717) is 9.79 Å². The summed E-state index contributed by atoms with van der Waals surface area (Å²) >= 11 is 0. The maximum atomic E-state index is 13.1. The van der Waals surface area contributed by atoms with Crippen LogP contribution in [0.2, 0.25) is 0 Å². The smallest absolute Gasteiger partial charge is 0.164 e. The van der Waals surface area contributed by atoms with E-state index in [9.17, 15) is 8.42 Å². The quantitative estimate of drug-likeness (QED) is 0.550. The summed E-state index contributed by atoms with van der Waals surface area (Å²) in [6.07, 6.45) is 0. The SMILES string of the molecule is Cc1ccc([S@@](=O)N(OCc2ccccc2)[S@@](=O)c2ccc(C)cc2)cc1. The Kier molecular flexibility index (Phi) is 6.68.